The molecule has 19 heavy (non-hydrogen) atoms. The summed E-state index contributed by atoms with van der Waals surface area (Å²) in [5.74, 6) is 0.398. The minimum atomic E-state index is -0.937. The standard InChI is InChI=1S/C12H19N3O4/c1-4-18-10(16)12(2,3)9-13-11(14-19-9)15-5-7-17-8-6-15/h4-8H2,1-3H3. The van der Waals surface area contributed by atoms with Crippen LogP contribution in [-0.4, -0.2) is 49.0 Å². The van der Waals surface area contributed by atoms with Gasteiger partial charge in [-0.05, 0) is 25.9 Å². The second-order valence-electron chi connectivity index (χ2n) is 4.84. The predicted octanol–water partition coefficient (Wildman–Crippen LogP) is 0.747. The van der Waals surface area contributed by atoms with E-state index < -0.39 is 5.41 Å². The molecule has 0 N–H and O–H groups in total. The Morgan fingerprint density at radius 3 is 2.74 bits per heavy atom. The van der Waals surface area contributed by atoms with E-state index in [-0.39, 0.29) is 11.9 Å². The zero-order chi connectivity index (χ0) is 13.9. The maximum atomic E-state index is 11.9. The monoisotopic (exact) mass is 269 g/mol. The SMILES string of the molecule is CCOC(=O)C(C)(C)c1nc(N2CCOCC2)no1. The normalized spacial score (nSPS) is 16.5. The molecule has 1 aromatic heterocycles. The minimum Gasteiger partial charge on any atom is -0.465 e. The number of anilines is 1. The van der Waals surface area contributed by atoms with Crippen LogP contribution in [0.2, 0.25) is 0 Å². The van der Waals surface area contributed by atoms with Crippen LogP contribution in [0.25, 0.3) is 0 Å². The van der Waals surface area contributed by atoms with Crippen LogP contribution < -0.4 is 4.90 Å². The van der Waals surface area contributed by atoms with Gasteiger partial charge in [0.2, 0.25) is 5.89 Å². The fourth-order valence-corrected chi connectivity index (χ4v) is 1.76. The summed E-state index contributed by atoms with van der Waals surface area (Å²) in [6.07, 6.45) is 0. The average molecular weight is 269 g/mol. The molecule has 1 saturated heterocycles. The van der Waals surface area contributed by atoms with Gasteiger partial charge in [-0.1, -0.05) is 0 Å². The third kappa shape index (κ3) is 2.86. The molecule has 0 saturated carbocycles. The smallest absolute Gasteiger partial charge is 0.321 e. The molecular formula is C12H19N3O4. The Hall–Kier alpha value is -1.63. The van der Waals surface area contributed by atoms with E-state index in [4.69, 9.17) is 14.0 Å². The summed E-state index contributed by atoms with van der Waals surface area (Å²) in [6.45, 7) is 8.24. The van der Waals surface area contributed by atoms with Crippen LogP contribution in [-0.2, 0) is 19.7 Å². The van der Waals surface area contributed by atoms with Crippen molar-refractivity contribution >= 4 is 11.9 Å². The molecule has 1 aliphatic heterocycles. The third-order valence-corrected chi connectivity index (χ3v) is 3.03. The highest BCUT2D eigenvalue weighted by atomic mass is 16.5. The van der Waals surface area contributed by atoms with Gasteiger partial charge in [0, 0.05) is 13.1 Å². The summed E-state index contributed by atoms with van der Waals surface area (Å²) >= 11 is 0. The minimum absolute atomic E-state index is 0.271. The molecular weight excluding hydrogens is 250 g/mol. The number of hydrogen-bond donors (Lipinski definition) is 0. The van der Waals surface area contributed by atoms with Gasteiger partial charge >= 0.3 is 5.97 Å². The molecule has 0 aliphatic carbocycles. The van der Waals surface area contributed by atoms with E-state index in [1.807, 2.05) is 4.90 Å². The van der Waals surface area contributed by atoms with E-state index in [0.29, 0.717) is 25.8 Å². The van der Waals surface area contributed by atoms with Gasteiger partial charge in [-0.3, -0.25) is 4.79 Å². The number of esters is 1. The third-order valence-electron chi connectivity index (χ3n) is 3.03. The summed E-state index contributed by atoms with van der Waals surface area (Å²) in [5.41, 5.74) is -0.937. The van der Waals surface area contributed by atoms with Crippen molar-refractivity contribution < 1.29 is 18.8 Å². The predicted molar refractivity (Wildman–Crippen MR) is 67.0 cm³/mol. The van der Waals surface area contributed by atoms with Crippen molar-refractivity contribution in [2.24, 2.45) is 0 Å². The lowest BCUT2D eigenvalue weighted by Crippen LogP contribution is -2.37. The van der Waals surface area contributed by atoms with Gasteiger partial charge in [0.05, 0.1) is 19.8 Å². The molecule has 1 fully saturated rings. The van der Waals surface area contributed by atoms with Crippen molar-refractivity contribution in [3.63, 3.8) is 0 Å². The number of rotatable bonds is 4. The number of aromatic nitrogens is 2. The summed E-state index contributed by atoms with van der Waals surface area (Å²) in [4.78, 5) is 18.1. The fraction of sp³-hybridized carbons (Fsp3) is 0.750. The summed E-state index contributed by atoms with van der Waals surface area (Å²) < 4.78 is 15.5. The summed E-state index contributed by atoms with van der Waals surface area (Å²) in [6, 6.07) is 0. The van der Waals surface area contributed by atoms with Crippen LogP contribution >= 0.6 is 0 Å². The van der Waals surface area contributed by atoms with Crippen LogP contribution in [0, 0.1) is 0 Å². The maximum Gasteiger partial charge on any atom is 0.321 e. The molecule has 0 unspecified atom stereocenters. The van der Waals surface area contributed by atoms with E-state index in [9.17, 15) is 4.79 Å². The number of morpholine rings is 1. The first-order chi connectivity index (χ1) is 9.05. The van der Waals surface area contributed by atoms with Crippen LogP contribution in [0.3, 0.4) is 0 Å². The zero-order valence-corrected chi connectivity index (χ0v) is 11.5. The second kappa shape index (κ2) is 5.56. The number of hydrogen-bond acceptors (Lipinski definition) is 7. The summed E-state index contributed by atoms with van der Waals surface area (Å²) in [7, 11) is 0. The Bertz CT molecular complexity index is 438. The number of carbonyl (C=O) groups is 1. The Kier molecular flexibility index (Phi) is 4.04. The van der Waals surface area contributed by atoms with Crippen LogP contribution in [0.5, 0.6) is 0 Å². The largest absolute Gasteiger partial charge is 0.465 e. The van der Waals surface area contributed by atoms with Crippen molar-refractivity contribution in [1.29, 1.82) is 0 Å². The van der Waals surface area contributed by atoms with Crippen molar-refractivity contribution in [3.8, 4) is 0 Å². The topological polar surface area (TPSA) is 77.7 Å². The molecule has 0 spiro atoms. The lowest BCUT2D eigenvalue weighted by molar-refractivity contribution is -0.149. The maximum absolute atomic E-state index is 11.9. The Morgan fingerprint density at radius 2 is 2.11 bits per heavy atom. The van der Waals surface area contributed by atoms with Gasteiger partial charge in [0.1, 0.15) is 5.41 Å². The van der Waals surface area contributed by atoms with E-state index in [1.54, 1.807) is 20.8 Å². The Morgan fingerprint density at radius 1 is 1.42 bits per heavy atom. The number of ether oxygens (including phenoxy) is 2. The number of nitrogens with zero attached hydrogens (tertiary/aromatic N) is 3. The molecule has 0 amide bonds. The molecule has 106 valence electrons. The molecule has 1 aromatic rings. The van der Waals surface area contributed by atoms with Crippen molar-refractivity contribution in [1.82, 2.24) is 10.1 Å². The zero-order valence-electron chi connectivity index (χ0n) is 11.5. The Labute approximate surface area is 111 Å². The molecule has 0 bridgehead atoms. The molecule has 0 aromatic carbocycles. The van der Waals surface area contributed by atoms with E-state index >= 15 is 0 Å². The first-order valence-electron chi connectivity index (χ1n) is 6.39. The van der Waals surface area contributed by atoms with Crippen LogP contribution in [0.15, 0.2) is 4.52 Å². The highest BCUT2D eigenvalue weighted by Crippen LogP contribution is 2.25. The first-order valence-corrected chi connectivity index (χ1v) is 6.39. The van der Waals surface area contributed by atoms with Crippen LogP contribution in [0.4, 0.5) is 5.95 Å². The number of carbonyl (C=O) groups excluding carboxylic acids is 1. The quantitative estimate of drug-likeness (QED) is 0.746. The lowest BCUT2D eigenvalue weighted by Gasteiger charge is -2.24. The van der Waals surface area contributed by atoms with Crippen molar-refractivity contribution in [2.75, 3.05) is 37.8 Å². The van der Waals surface area contributed by atoms with Gasteiger partial charge in [0.15, 0.2) is 0 Å². The summed E-state index contributed by atoms with van der Waals surface area (Å²) in [5, 5.41) is 3.93. The molecule has 7 nitrogen and oxygen atoms in total. The fourth-order valence-electron chi connectivity index (χ4n) is 1.76. The highest BCUT2D eigenvalue weighted by Gasteiger charge is 2.38. The average Bonchev–Trinajstić information content (AvgIpc) is 2.90. The van der Waals surface area contributed by atoms with E-state index in [0.717, 1.165) is 13.1 Å². The van der Waals surface area contributed by atoms with Gasteiger partial charge in [0.25, 0.3) is 5.95 Å². The lowest BCUT2D eigenvalue weighted by atomic mass is 9.94. The van der Waals surface area contributed by atoms with Gasteiger partial charge in [-0.15, -0.1) is 0 Å². The van der Waals surface area contributed by atoms with Crippen molar-refractivity contribution in [3.05, 3.63) is 5.89 Å². The molecule has 0 radical (unpaired) electrons. The molecule has 1 aliphatic rings. The van der Waals surface area contributed by atoms with Gasteiger partial charge < -0.3 is 18.9 Å². The van der Waals surface area contributed by atoms with Crippen LogP contribution in [0.1, 0.15) is 26.7 Å². The molecule has 0 atom stereocenters. The van der Waals surface area contributed by atoms with Gasteiger partial charge in [-0.2, -0.15) is 4.98 Å². The molecule has 7 heteroatoms. The van der Waals surface area contributed by atoms with E-state index in [1.165, 1.54) is 0 Å². The first kappa shape index (κ1) is 13.8. The van der Waals surface area contributed by atoms with Gasteiger partial charge in [-0.25, -0.2) is 0 Å². The van der Waals surface area contributed by atoms with Crippen molar-refractivity contribution in [2.45, 2.75) is 26.2 Å². The second-order valence-corrected chi connectivity index (χ2v) is 4.84. The highest BCUT2D eigenvalue weighted by molar-refractivity contribution is 5.80. The molecule has 2 heterocycles. The van der Waals surface area contributed by atoms with E-state index in [2.05, 4.69) is 10.1 Å². The Balaban J connectivity index is 2.13. The molecule has 2 rings (SSSR count).